The smallest absolute Gasteiger partial charge is 0.314 e. The van der Waals surface area contributed by atoms with E-state index in [9.17, 15) is 28.8 Å². The summed E-state index contributed by atoms with van der Waals surface area (Å²) in [4.78, 5) is 77.2. The Hall–Kier alpha value is -5.52. The highest BCUT2D eigenvalue weighted by Crippen LogP contribution is 2.33. The molecular weight excluding hydrogens is 730 g/mol. The van der Waals surface area contributed by atoms with Crippen LogP contribution in [0.2, 0.25) is 0 Å². The highest BCUT2D eigenvalue weighted by molar-refractivity contribution is 5.94. The lowest BCUT2D eigenvalue weighted by molar-refractivity contribution is -0.146. The minimum absolute atomic E-state index is 0.110. The van der Waals surface area contributed by atoms with Crippen LogP contribution in [0.1, 0.15) is 116 Å². The zero-order valence-corrected chi connectivity index (χ0v) is 33.6. The van der Waals surface area contributed by atoms with E-state index in [-0.39, 0.29) is 60.3 Å². The molecule has 0 aliphatic heterocycles. The predicted molar refractivity (Wildman–Crippen MR) is 212 cm³/mol. The number of unbranched alkanes of at least 4 members (excludes halogenated alkanes) is 2. The first-order valence-corrected chi connectivity index (χ1v) is 20.1. The normalized spacial score (nSPS) is 17.3. The molecule has 0 radical (unpaired) electrons. The number of esters is 5. The molecule has 4 unspecified atom stereocenters. The number of amides is 1. The molecule has 1 fully saturated rings. The Morgan fingerprint density at radius 3 is 1.28 bits per heavy atom. The fourth-order valence-corrected chi connectivity index (χ4v) is 6.76. The summed E-state index contributed by atoms with van der Waals surface area (Å²) in [6, 6.07) is 17.8. The molecule has 0 heterocycles. The van der Waals surface area contributed by atoms with Crippen molar-refractivity contribution in [2.75, 3.05) is 0 Å². The molecule has 3 aromatic carbocycles. The molecule has 4 atom stereocenters. The third-order valence-corrected chi connectivity index (χ3v) is 10.1. The molecule has 1 amide bonds. The summed E-state index contributed by atoms with van der Waals surface area (Å²) in [6.07, 6.45) is 7.20. The number of carbonyl (C=O) groups is 6. The van der Waals surface area contributed by atoms with Gasteiger partial charge in [-0.1, -0.05) is 53.4 Å². The number of hydrogen-bond donors (Lipinski definition) is 1. The van der Waals surface area contributed by atoms with Gasteiger partial charge in [0.1, 0.15) is 28.7 Å². The van der Waals surface area contributed by atoms with Gasteiger partial charge in [-0.05, 0) is 118 Å². The summed E-state index contributed by atoms with van der Waals surface area (Å²) < 4.78 is 27.7. The lowest BCUT2D eigenvalue weighted by Crippen LogP contribution is -2.45. The van der Waals surface area contributed by atoms with Crippen molar-refractivity contribution >= 4 is 35.8 Å². The molecule has 3 aromatic rings. The van der Waals surface area contributed by atoms with Crippen LogP contribution in [0.25, 0.3) is 0 Å². The van der Waals surface area contributed by atoms with E-state index >= 15 is 0 Å². The number of carbonyl (C=O) groups excluding carboxylic acids is 6. The van der Waals surface area contributed by atoms with Crippen molar-refractivity contribution in [3.05, 3.63) is 78.4 Å². The average Bonchev–Trinajstić information content (AvgIpc) is 3.19. The first-order chi connectivity index (χ1) is 27.4. The maximum absolute atomic E-state index is 13.6. The van der Waals surface area contributed by atoms with Crippen LogP contribution >= 0.6 is 0 Å². The average molecular weight is 786 g/mol. The van der Waals surface area contributed by atoms with Gasteiger partial charge in [0.05, 0.1) is 23.7 Å². The molecule has 1 N–H and O–H groups in total. The first-order valence-electron chi connectivity index (χ1n) is 20.1. The number of ether oxygens (including phenoxy) is 5. The fraction of sp³-hybridized carbons (Fsp3) is 0.467. The predicted octanol–water partition coefficient (Wildman–Crippen LogP) is 8.58. The molecule has 12 heteroatoms. The van der Waals surface area contributed by atoms with E-state index in [1.54, 1.807) is 24.3 Å². The number of benzene rings is 3. The van der Waals surface area contributed by atoms with Crippen LogP contribution in [0.4, 0.5) is 0 Å². The van der Waals surface area contributed by atoms with Crippen LogP contribution in [0.15, 0.2) is 72.8 Å². The molecular formula is C45H55NO11. The van der Waals surface area contributed by atoms with Crippen LogP contribution < -0.4 is 29.0 Å². The minimum Gasteiger partial charge on any atom is -0.427 e. The summed E-state index contributed by atoms with van der Waals surface area (Å²) in [5.41, 5.74) is 0.294. The van der Waals surface area contributed by atoms with Crippen LogP contribution in [0, 0.1) is 23.7 Å². The maximum atomic E-state index is 13.6. The SMILES string of the molecule is CCCCC(CC)C(=O)Oc1ccc(OC(=O)C2CC(NC(=O)c3ccc(OC(C)=O)cc3)CC(C(=O)Oc3ccc(OC(=O)C(CC)CCCC)cc3)C2)cc1. The molecule has 0 spiro atoms. The summed E-state index contributed by atoms with van der Waals surface area (Å²) in [5.74, 6) is -3.26. The standard InChI is InChI=1S/C45H55NO11/c1-6-10-12-30(8-3)42(49)54-37-18-22-39(23-19-37)56-44(51)33-26-34(28-35(27-33)46-41(48)32-14-16-36(17-15-32)53-29(5)47)45(52)57-40-24-20-38(21-25-40)55-43(50)31(9-4)13-11-7-2/h14-25,30-31,33-35H,6-13,26-28H2,1-5H3,(H,46,48). The van der Waals surface area contributed by atoms with Crippen molar-refractivity contribution in [3.63, 3.8) is 0 Å². The molecule has 306 valence electrons. The number of hydrogen-bond acceptors (Lipinski definition) is 11. The molecule has 1 aliphatic rings. The highest BCUT2D eigenvalue weighted by Gasteiger charge is 2.39. The third kappa shape index (κ3) is 13.9. The van der Waals surface area contributed by atoms with Crippen LogP contribution in [-0.4, -0.2) is 41.8 Å². The van der Waals surface area contributed by atoms with E-state index in [1.165, 1.54) is 55.5 Å². The van der Waals surface area contributed by atoms with Crippen molar-refractivity contribution in [1.29, 1.82) is 0 Å². The van der Waals surface area contributed by atoms with E-state index in [4.69, 9.17) is 23.7 Å². The van der Waals surface area contributed by atoms with Crippen molar-refractivity contribution in [1.82, 2.24) is 5.32 Å². The third-order valence-electron chi connectivity index (χ3n) is 10.1. The van der Waals surface area contributed by atoms with Gasteiger partial charge in [-0.3, -0.25) is 28.8 Å². The topological polar surface area (TPSA) is 161 Å². The van der Waals surface area contributed by atoms with E-state index in [1.807, 2.05) is 13.8 Å². The lowest BCUT2D eigenvalue weighted by Gasteiger charge is -2.33. The van der Waals surface area contributed by atoms with Crippen LogP contribution in [0.5, 0.6) is 28.7 Å². The quantitative estimate of drug-likeness (QED) is 0.0916. The van der Waals surface area contributed by atoms with E-state index in [2.05, 4.69) is 19.2 Å². The Labute approximate surface area is 334 Å². The van der Waals surface area contributed by atoms with Crippen molar-refractivity contribution in [3.8, 4) is 28.7 Å². The minimum atomic E-state index is -0.782. The fourth-order valence-electron chi connectivity index (χ4n) is 6.76. The molecule has 57 heavy (non-hydrogen) atoms. The van der Waals surface area contributed by atoms with E-state index in [0.717, 1.165) is 38.5 Å². The van der Waals surface area contributed by atoms with Gasteiger partial charge >= 0.3 is 29.8 Å². The largest absolute Gasteiger partial charge is 0.427 e. The molecule has 1 aliphatic carbocycles. The second-order valence-electron chi connectivity index (χ2n) is 14.5. The van der Waals surface area contributed by atoms with Crippen molar-refractivity contribution < 1.29 is 52.5 Å². The first kappa shape index (κ1) is 44.2. The van der Waals surface area contributed by atoms with Gasteiger partial charge in [-0.25, -0.2) is 0 Å². The second kappa shape index (κ2) is 22.3. The Balaban J connectivity index is 1.44. The Bertz CT molecular complexity index is 1710. The molecule has 0 saturated heterocycles. The van der Waals surface area contributed by atoms with Gasteiger partial charge in [0.15, 0.2) is 0 Å². The Morgan fingerprint density at radius 1 is 0.544 bits per heavy atom. The molecule has 0 aromatic heterocycles. The lowest BCUT2D eigenvalue weighted by atomic mass is 9.78. The van der Waals surface area contributed by atoms with Gasteiger partial charge in [0.25, 0.3) is 5.91 Å². The zero-order chi connectivity index (χ0) is 41.3. The van der Waals surface area contributed by atoms with Crippen molar-refractivity contribution in [2.24, 2.45) is 23.7 Å². The number of nitrogens with one attached hydrogen (secondary N) is 1. The van der Waals surface area contributed by atoms with Gasteiger partial charge in [0.2, 0.25) is 0 Å². The summed E-state index contributed by atoms with van der Waals surface area (Å²) in [5, 5.41) is 2.94. The molecule has 1 saturated carbocycles. The van der Waals surface area contributed by atoms with Gasteiger partial charge in [-0.15, -0.1) is 0 Å². The van der Waals surface area contributed by atoms with Crippen LogP contribution in [-0.2, 0) is 24.0 Å². The monoisotopic (exact) mass is 785 g/mol. The van der Waals surface area contributed by atoms with Gasteiger partial charge in [0, 0.05) is 18.5 Å². The summed E-state index contributed by atoms with van der Waals surface area (Å²) in [7, 11) is 0. The summed E-state index contributed by atoms with van der Waals surface area (Å²) >= 11 is 0. The molecule has 12 nitrogen and oxygen atoms in total. The Morgan fingerprint density at radius 2 is 0.912 bits per heavy atom. The van der Waals surface area contributed by atoms with Gasteiger partial charge in [-0.2, -0.15) is 0 Å². The van der Waals surface area contributed by atoms with Crippen molar-refractivity contribution in [2.45, 2.75) is 111 Å². The van der Waals surface area contributed by atoms with Crippen LogP contribution in [0.3, 0.4) is 0 Å². The molecule has 0 bridgehead atoms. The summed E-state index contributed by atoms with van der Waals surface area (Å²) in [6.45, 7) is 9.33. The van der Waals surface area contributed by atoms with Gasteiger partial charge < -0.3 is 29.0 Å². The number of rotatable bonds is 19. The van der Waals surface area contributed by atoms with E-state index in [0.29, 0.717) is 29.9 Å². The zero-order valence-electron chi connectivity index (χ0n) is 33.6. The second-order valence-corrected chi connectivity index (χ2v) is 14.5. The molecule has 4 rings (SSSR count). The highest BCUT2D eigenvalue weighted by atomic mass is 16.6. The Kier molecular flexibility index (Phi) is 17.3. The maximum Gasteiger partial charge on any atom is 0.314 e. The van der Waals surface area contributed by atoms with E-state index < -0.39 is 41.7 Å².